The van der Waals surface area contributed by atoms with Crippen molar-refractivity contribution in [3.63, 3.8) is 0 Å². The molecule has 1 aromatic carbocycles. The Kier molecular flexibility index (Phi) is 4.31. The Morgan fingerprint density at radius 1 is 1.25 bits per heavy atom. The van der Waals surface area contributed by atoms with Gasteiger partial charge in [0, 0.05) is 11.2 Å². The molecule has 2 atom stereocenters. The smallest absolute Gasteiger partial charge is 0.220 e. The van der Waals surface area contributed by atoms with Crippen LogP contribution in [0.5, 0.6) is 0 Å². The van der Waals surface area contributed by atoms with Crippen LogP contribution in [0.15, 0.2) is 41.3 Å². The highest BCUT2D eigenvalue weighted by Crippen LogP contribution is 2.50. The van der Waals surface area contributed by atoms with Crippen molar-refractivity contribution >= 4 is 18.1 Å². The monoisotopic (exact) mass is 364 g/mol. The van der Waals surface area contributed by atoms with Crippen LogP contribution in [0.4, 0.5) is 0 Å². The van der Waals surface area contributed by atoms with Gasteiger partial charge in [-0.1, -0.05) is 49.5 Å². The van der Waals surface area contributed by atoms with Crippen molar-refractivity contribution < 1.29 is 8.42 Å². The average molecular weight is 365 g/mol. The van der Waals surface area contributed by atoms with Gasteiger partial charge in [0.15, 0.2) is 0 Å². The highest BCUT2D eigenvalue weighted by atomic mass is 32.2. The molecule has 2 aliphatic rings. The summed E-state index contributed by atoms with van der Waals surface area (Å²) < 4.78 is 25.9. The second-order valence-electron chi connectivity index (χ2n) is 8.24. The van der Waals surface area contributed by atoms with Crippen LogP contribution < -0.4 is 4.83 Å². The Morgan fingerprint density at radius 3 is 2.46 bits per heavy atom. The second kappa shape index (κ2) is 5.80. The van der Waals surface area contributed by atoms with Crippen LogP contribution >= 0.6 is 0 Å². The molecule has 0 spiro atoms. The quantitative estimate of drug-likeness (QED) is 0.656. The molecule has 6 heteroatoms. The lowest BCUT2D eigenvalue weighted by molar-refractivity contribution is 0.0892. The molecular formula is C18H28N2O2SSi. The van der Waals surface area contributed by atoms with Crippen LogP contribution in [-0.2, 0) is 10.0 Å². The van der Waals surface area contributed by atoms with Gasteiger partial charge in [-0.05, 0) is 44.7 Å². The number of benzene rings is 1. The van der Waals surface area contributed by atoms with Gasteiger partial charge in [0.1, 0.15) is 0 Å². The lowest BCUT2D eigenvalue weighted by Gasteiger charge is -2.51. The number of aryl methyl sites for hydroxylation is 1. The largest absolute Gasteiger partial charge is 0.253 e. The van der Waals surface area contributed by atoms with Crippen molar-refractivity contribution in [1.82, 2.24) is 9.84 Å². The summed E-state index contributed by atoms with van der Waals surface area (Å²) in [5.74, 6) is 0. The molecule has 0 saturated carbocycles. The van der Waals surface area contributed by atoms with Crippen molar-refractivity contribution in [2.45, 2.75) is 68.3 Å². The maximum atomic E-state index is 12.9. The SMILES string of the molecule is C=C1C[C@@H]2CCC[C@@]1([Si](C)(C)C)N2NS(=O)(=O)c1ccc(C)cc1. The predicted octanol–water partition coefficient (Wildman–Crippen LogP) is 3.62. The first kappa shape index (κ1) is 17.9. The van der Waals surface area contributed by atoms with E-state index in [2.05, 4.69) is 36.1 Å². The first-order chi connectivity index (χ1) is 11.1. The summed E-state index contributed by atoms with van der Waals surface area (Å²) in [5, 5.41) is 1.90. The minimum absolute atomic E-state index is 0.173. The van der Waals surface area contributed by atoms with Crippen LogP contribution in [0, 0.1) is 6.92 Å². The van der Waals surface area contributed by atoms with Gasteiger partial charge in [-0.15, -0.1) is 4.83 Å². The van der Waals surface area contributed by atoms with E-state index in [0.29, 0.717) is 4.90 Å². The van der Waals surface area contributed by atoms with Gasteiger partial charge in [-0.3, -0.25) is 0 Å². The van der Waals surface area contributed by atoms with Crippen molar-refractivity contribution in [1.29, 1.82) is 0 Å². The van der Waals surface area contributed by atoms with Gasteiger partial charge in [0.2, 0.25) is 0 Å². The minimum atomic E-state index is -3.57. The Hall–Kier alpha value is -0.953. The summed E-state index contributed by atoms with van der Waals surface area (Å²) >= 11 is 0. The molecule has 2 bridgehead atoms. The fourth-order valence-electron chi connectivity index (χ4n) is 4.47. The van der Waals surface area contributed by atoms with E-state index in [9.17, 15) is 8.42 Å². The number of nitrogens with zero attached hydrogens (tertiary/aromatic N) is 1. The number of rotatable bonds is 4. The van der Waals surface area contributed by atoms with E-state index in [1.54, 1.807) is 12.1 Å². The molecule has 2 aliphatic heterocycles. The van der Waals surface area contributed by atoms with Crippen LogP contribution in [0.25, 0.3) is 0 Å². The zero-order chi connectivity index (χ0) is 17.8. The summed E-state index contributed by atoms with van der Waals surface area (Å²) in [5.41, 5.74) is 2.27. The zero-order valence-electron chi connectivity index (χ0n) is 15.1. The first-order valence-corrected chi connectivity index (χ1v) is 13.6. The van der Waals surface area contributed by atoms with E-state index in [1.807, 2.05) is 19.1 Å². The van der Waals surface area contributed by atoms with E-state index in [1.165, 1.54) is 5.57 Å². The molecule has 2 heterocycles. The third-order valence-electron chi connectivity index (χ3n) is 5.71. The molecular weight excluding hydrogens is 336 g/mol. The molecule has 0 aliphatic carbocycles. The third kappa shape index (κ3) is 2.69. The average Bonchev–Trinajstić information content (AvgIpc) is 2.63. The second-order valence-corrected chi connectivity index (χ2v) is 15.2. The summed E-state index contributed by atoms with van der Waals surface area (Å²) in [6.07, 6.45) is 4.09. The number of sulfonamides is 1. The van der Waals surface area contributed by atoms with Crippen LogP contribution in [0.3, 0.4) is 0 Å². The number of piperidine rings is 1. The molecule has 0 aromatic heterocycles. The van der Waals surface area contributed by atoms with E-state index in [4.69, 9.17) is 0 Å². The van der Waals surface area contributed by atoms with Crippen molar-refractivity contribution in [2.75, 3.05) is 0 Å². The van der Waals surface area contributed by atoms with E-state index in [0.717, 1.165) is 31.2 Å². The molecule has 1 aromatic rings. The van der Waals surface area contributed by atoms with Gasteiger partial charge >= 0.3 is 0 Å². The summed E-state index contributed by atoms with van der Waals surface area (Å²) in [4.78, 5) is 3.28. The molecule has 0 amide bonds. The molecule has 3 rings (SSSR count). The topological polar surface area (TPSA) is 49.4 Å². The number of hydrogen-bond donors (Lipinski definition) is 1. The Morgan fingerprint density at radius 2 is 1.88 bits per heavy atom. The Balaban J connectivity index is 1.99. The van der Waals surface area contributed by atoms with Gasteiger partial charge in [-0.2, -0.15) is 0 Å². The maximum Gasteiger partial charge on any atom is 0.253 e. The standard InChI is InChI=1S/C18H28N2O2SSi/c1-14-8-10-17(11-9-14)23(21,22)19-20-16-7-6-12-18(20,15(2)13-16)24(3,4)5/h8-11,16,19H,2,6-7,12-13H2,1,3-5H3/t16-,18-/m0/s1. The van der Waals surface area contributed by atoms with E-state index in [-0.39, 0.29) is 11.2 Å². The van der Waals surface area contributed by atoms with Gasteiger partial charge < -0.3 is 0 Å². The van der Waals surface area contributed by atoms with Crippen molar-refractivity contribution in [2.24, 2.45) is 0 Å². The number of hydrogen-bond acceptors (Lipinski definition) is 3. The summed E-state index contributed by atoms with van der Waals surface area (Å²) in [6, 6.07) is 7.27. The molecule has 132 valence electrons. The molecule has 1 N–H and O–H groups in total. The van der Waals surface area contributed by atoms with Crippen LogP contribution in [-0.4, -0.2) is 32.7 Å². The van der Waals surface area contributed by atoms with Crippen molar-refractivity contribution in [3.8, 4) is 0 Å². The molecule has 24 heavy (non-hydrogen) atoms. The predicted molar refractivity (Wildman–Crippen MR) is 101 cm³/mol. The molecule has 2 saturated heterocycles. The third-order valence-corrected chi connectivity index (χ3v) is 10.4. The van der Waals surface area contributed by atoms with E-state index >= 15 is 0 Å². The number of fused-ring (bicyclic) bond motifs is 2. The molecule has 0 unspecified atom stereocenters. The first-order valence-electron chi connectivity index (χ1n) is 8.65. The minimum Gasteiger partial charge on any atom is -0.220 e. The summed E-state index contributed by atoms with van der Waals surface area (Å²) in [7, 11) is -5.27. The van der Waals surface area contributed by atoms with E-state index < -0.39 is 18.1 Å². The zero-order valence-corrected chi connectivity index (χ0v) is 16.9. The lowest BCUT2D eigenvalue weighted by atomic mass is 10.0. The van der Waals surface area contributed by atoms with Crippen molar-refractivity contribution in [3.05, 3.63) is 42.0 Å². The normalized spacial score (nSPS) is 28.3. The van der Waals surface area contributed by atoms with Crippen LogP contribution in [0.2, 0.25) is 19.6 Å². The maximum absolute atomic E-state index is 12.9. The van der Waals surface area contributed by atoms with Gasteiger partial charge in [-0.25, -0.2) is 13.4 Å². The molecule has 0 radical (unpaired) electrons. The Labute approximate surface area is 147 Å². The van der Waals surface area contributed by atoms with Gasteiger partial charge in [0.05, 0.1) is 13.0 Å². The Bertz CT molecular complexity index is 752. The fourth-order valence-corrected chi connectivity index (χ4v) is 8.76. The molecule has 2 fully saturated rings. The fraction of sp³-hybridized carbons (Fsp3) is 0.556. The highest BCUT2D eigenvalue weighted by Gasteiger charge is 2.59. The lowest BCUT2D eigenvalue weighted by Crippen LogP contribution is -2.68. The van der Waals surface area contributed by atoms with Crippen LogP contribution in [0.1, 0.15) is 31.2 Å². The highest BCUT2D eigenvalue weighted by molar-refractivity contribution is 7.89. The van der Waals surface area contributed by atoms with Gasteiger partial charge in [0.25, 0.3) is 10.0 Å². The molecule has 4 nitrogen and oxygen atoms in total. The summed E-state index contributed by atoms with van der Waals surface area (Å²) in [6.45, 7) is 13.3. The number of nitrogens with one attached hydrogen (secondary N) is 1. The number of hydrazine groups is 1.